The Kier molecular flexibility index (Phi) is 2.73. The first-order valence-electron chi connectivity index (χ1n) is 5.27. The van der Waals surface area contributed by atoms with Gasteiger partial charge in [0.05, 0.1) is 6.57 Å². The molecule has 1 aromatic carbocycles. The molecule has 1 aromatic rings. The lowest BCUT2D eigenvalue weighted by atomic mass is 9.92. The molecule has 0 spiro atoms. The van der Waals surface area contributed by atoms with Crippen molar-refractivity contribution >= 4 is 16.9 Å². The minimum Gasteiger partial charge on any atom is -0.398 e. The van der Waals surface area contributed by atoms with Crippen LogP contribution < -0.4 is 5.73 Å². The molecular weight excluding hydrogens is 184 g/mol. The van der Waals surface area contributed by atoms with Crippen LogP contribution in [0.2, 0.25) is 0 Å². The average molecular weight is 198 g/mol. The molecule has 0 atom stereocenters. The fraction of sp³-hybridized carbons (Fsp3) is 0.308. The summed E-state index contributed by atoms with van der Waals surface area (Å²) in [6.45, 7) is 6.99. The predicted molar refractivity (Wildman–Crippen MR) is 63.6 cm³/mol. The predicted octanol–water partition coefficient (Wildman–Crippen LogP) is 3.78. The van der Waals surface area contributed by atoms with Gasteiger partial charge in [-0.05, 0) is 49.0 Å². The lowest BCUT2D eigenvalue weighted by Gasteiger charge is -2.15. The molecule has 0 bridgehead atoms. The van der Waals surface area contributed by atoms with Gasteiger partial charge in [0.2, 0.25) is 0 Å². The van der Waals surface area contributed by atoms with E-state index in [0.717, 1.165) is 24.1 Å². The third kappa shape index (κ3) is 2.02. The zero-order chi connectivity index (χ0) is 10.7. The van der Waals surface area contributed by atoms with Crippen LogP contribution in [0.15, 0.2) is 24.3 Å². The molecule has 2 heteroatoms. The quantitative estimate of drug-likeness (QED) is 0.540. The van der Waals surface area contributed by atoms with Gasteiger partial charge in [0, 0.05) is 5.69 Å². The van der Waals surface area contributed by atoms with Gasteiger partial charge in [0.1, 0.15) is 0 Å². The van der Waals surface area contributed by atoms with Crippen LogP contribution in [0, 0.1) is 6.57 Å². The van der Waals surface area contributed by atoms with E-state index in [2.05, 4.69) is 10.9 Å². The third-order valence-corrected chi connectivity index (χ3v) is 2.80. The summed E-state index contributed by atoms with van der Waals surface area (Å²) < 4.78 is 0. The van der Waals surface area contributed by atoms with Crippen molar-refractivity contribution in [3.8, 4) is 0 Å². The fourth-order valence-electron chi connectivity index (χ4n) is 1.97. The normalized spacial score (nSPS) is 15.5. The molecular formula is C13H14N2. The molecule has 0 radical (unpaired) electrons. The molecule has 0 heterocycles. The van der Waals surface area contributed by atoms with Gasteiger partial charge in [-0.25, -0.2) is 4.85 Å². The average Bonchev–Trinajstić information content (AvgIpc) is 2.31. The van der Waals surface area contributed by atoms with Crippen molar-refractivity contribution in [2.24, 2.45) is 0 Å². The highest BCUT2D eigenvalue weighted by Crippen LogP contribution is 2.32. The van der Waals surface area contributed by atoms with Crippen LogP contribution >= 0.6 is 0 Å². The van der Waals surface area contributed by atoms with Crippen LogP contribution in [0.3, 0.4) is 0 Å². The first kappa shape index (κ1) is 9.79. The second-order valence-electron chi connectivity index (χ2n) is 3.86. The third-order valence-electron chi connectivity index (χ3n) is 2.80. The van der Waals surface area contributed by atoms with E-state index >= 15 is 0 Å². The van der Waals surface area contributed by atoms with E-state index in [1.165, 1.54) is 18.4 Å². The smallest absolute Gasteiger partial charge is 0.187 e. The number of benzene rings is 1. The monoisotopic (exact) mass is 198 g/mol. The van der Waals surface area contributed by atoms with Gasteiger partial charge in [0.25, 0.3) is 0 Å². The summed E-state index contributed by atoms with van der Waals surface area (Å²) in [7, 11) is 0. The van der Waals surface area contributed by atoms with Crippen LogP contribution in [0.1, 0.15) is 31.2 Å². The standard InChI is InChI=1S/C13H14N2/c1-15-11-7-8-13(14)12(9-11)10-5-3-2-4-6-10/h5,7-9H,2-4,6,14H2. The zero-order valence-electron chi connectivity index (χ0n) is 8.66. The number of rotatable bonds is 1. The van der Waals surface area contributed by atoms with E-state index < -0.39 is 0 Å². The minimum atomic E-state index is 0.672. The van der Waals surface area contributed by atoms with Crippen molar-refractivity contribution in [3.05, 3.63) is 41.3 Å². The Morgan fingerprint density at radius 2 is 2.13 bits per heavy atom. The van der Waals surface area contributed by atoms with Gasteiger partial charge in [-0.15, -0.1) is 0 Å². The highest BCUT2D eigenvalue weighted by molar-refractivity contribution is 5.78. The summed E-state index contributed by atoms with van der Waals surface area (Å²) in [6, 6.07) is 5.51. The molecule has 1 aliphatic rings. The first-order chi connectivity index (χ1) is 7.31. The summed E-state index contributed by atoms with van der Waals surface area (Å²) in [5.74, 6) is 0. The maximum atomic E-state index is 6.99. The Bertz CT molecular complexity index is 438. The Morgan fingerprint density at radius 1 is 1.27 bits per heavy atom. The van der Waals surface area contributed by atoms with Crippen LogP contribution in [-0.2, 0) is 0 Å². The highest BCUT2D eigenvalue weighted by atomic mass is 14.6. The topological polar surface area (TPSA) is 30.4 Å². The van der Waals surface area contributed by atoms with E-state index in [-0.39, 0.29) is 0 Å². The molecule has 1 aliphatic carbocycles. The largest absolute Gasteiger partial charge is 0.398 e. The maximum absolute atomic E-state index is 6.99. The fourth-order valence-corrected chi connectivity index (χ4v) is 1.97. The zero-order valence-corrected chi connectivity index (χ0v) is 8.66. The molecule has 0 aliphatic heterocycles. The Labute approximate surface area is 90.2 Å². The van der Waals surface area contributed by atoms with Gasteiger partial charge < -0.3 is 5.73 Å². The van der Waals surface area contributed by atoms with Crippen LogP contribution in [0.4, 0.5) is 11.4 Å². The van der Waals surface area contributed by atoms with Crippen LogP contribution in [0.5, 0.6) is 0 Å². The van der Waals surface area contributed by atoms with Gasteiger partial charge in [-0.3, -0.25) is 0 Å². The van der Waals surface area contributed by atoms with Gasteiger partial charge >= 0.3 is 0 Å². The van der Waals surface area contributed by atoms with Gasteiger partial charge in [0.15, 0.2) is 5.69 Å². The van der Waals surface area contributed by atoms with Crippen LogP contribution in [0.25, 0.3) is 10.4 Å². The lowest BCUT2D eigenvalue weighted by Crippen LogP contribution is -1.96. The minimum absolute atomic E-state index is 0.672. The summed E-state index contributed by atoms with van der Waals surface area (Å²) in [6.07, 6.45) is 6.98. The van der Waals surface area contributed by atoms with Crippen molar-refractivity contribution < 1.29 is 0 Å². The Balaban J connectivity index is 2.42. The second kappa shape index (κ2) is 4.18. The van der Waals surface area contributed by atoms with E-state index in [9.17, 15) is 0 Å². The van der Waals surface area contributed by atoms with Crippen molar-refractivity contribution in [2.45, 2.75) is 25.7 Å². The molecule has 0 saturated carbocycles. The summed E-state index contributed by atoms with van der Waals surface area (Å²) in [4.78, 5) is 3.43. The molecule has 15 heavy (non-hydrogen) atoms. The lowest BCUT2D eigenvalue weighted by molar-refractivity contribution is 0.742. The summed E-state index contributed by atoms with van der Waals surface area (Å²) >= 11 is 0. The Hall–Kier alpha value is -1.75. The van der Waals surface area contributed by atoms with Crippen LogP contribution in [-0.4, -0.2) is 0 Å². The number of nitrogen functional groups attached to an aromatic ring is 1. The molecule has 2 rings (SSSR count). The summed E-state index contributed by atoms with van der Waals surface area (Å²) in [5, 5.41) is 0. The molecule has 2 N–H and O–H groups in total. The Morgan fingerprint density at radius 3 is 2.80 bits per heavy atom. The van der Waals surface area contributed by atoms with E-state index in [1.54, 1.807) is 6.07 Å². The molecule has 2 nitrogen and oxygen atoms in total. The second-order valence-corrected chi connectivity index (χ2v) is 3.86. The SMILES string of the molecule is [C-]#[N+]c1ccc(N)c(C2=CCCCC2)c1. The van der Waals surface area contributed by atoms with Crippen molar-refractivity contribution in [3.63, 3.8) is 0 Å². The number of hydrogen-bond donors (Lipinski definition) is 1. The number of nitrogens with zero attached hydrogens (tertiary/aromatic N) is 1. The molecule has 76 valence electrons. The molecule has 0 fully saturated rings. The van der Waals surface area contributed by atoms with Crippen molar-refractivity contribution in [2.75, 3.05) is 5.73 Å². The summed E-state index contributed by atoms with van der Waals surface area (Å²) in [5.41, 5.74) is 9.76. The highest BCUT2D eigenvalue weighted by Gasteiger charge is 2.09. The number of anilines is 1. The molecule has 0 unspecified atom stereocenters. The molecule has 0 amide bonds. The number of nitrogens with two attached hydrogens (primary N) is 1. The van der Waals surface area contributed by atoms with E-state index in [1.807, 2.05) is 12.1 Å². The maximum Gasteiger partial charge on any atom is 0.187 e. The number of allylic oxidation sites excluding steroid dienone is 2. The van der Waals surface area contributed by atoms with Crippen molar-refractivity contribution in [1.29, 1.82) is 0 Å². The number of hydrogen-bond acceptors (Lipinski definition) is 1. The van der Waals surface area contributed by atoms with Gasteiger partial charge in [-0.2, -0.15) is 0 Å². The molecule has 0 aromatic heterocycles. The van der Waals surface area contributed by atoms with Crippen molar-refractivity contribution in [1.82, 2.24) is 0 Å². The van der Waals surface area contributed by atoms with E-state index in [0.29, 0.717) is 5.69 Å². The van der Waals surface area contributed by atoms with Gasteiger partial charge in [-0.1, -0.05) is 12.1 Å². The molecule has 0 saturated heterocycles. The first-order valence-corrected chi connectivity index (χ1v) is 5.27. The van der Waals surface area contributed by atoms with E-state index in [4.69, 9.17) is 12.3 Å².